The van der Waals surface area contributed by atoms with Crippen molar-refractivity contribution in [1.82, 2.24) is 9.80 Å². The quantitative estimate of drug-likeness (QED) is 0.465. The summed E-state index contributed by atoms with van der Waals surface area (Å²) in [5.41, 5.74) is -0.456. The molecule has 0 radical (unpaired) electrons. The predicted octanol–water partition coefficient (Wildman–Crippen LogP) is 3.41. The summed E-state index contributed by atoms with van der Waals surface area (Å²) in [6.45, 7) is 5.65. The molecule has 0 spiro atoms. The summed E-state index contributed by atoms with van der Waals surface area (Å²) in [6.07, 6.45) is 0.532. The van der Waals surface area contributed by atoms with Crippen molar-refractivity contribution >= 4 is 58.2 Å². The van der Waals surface area contributed by atoms with Crippen LogP contribution in [0.1, 0.15) is 26.7 Å². The van der Waals surface area contributed by atoms with Crippen LogP contribution in [0.15, 0.2) is 0 Å². The molecular formula is C15H26Cl4N2O2. The third-order valence-corrected chi connectivity index (χ3v) is 4.06. The molecule has 0 fully saturated rings. The van der Waals surface area contributed by atoms with Crippen molar-refractivity contribution in [3.05, 3.63) is 0 Å². The molecule has 2 amide bonds. The maximum absolute atomic E-state index is 12.4. The molecule has 0 aliphatic heterocycles. The average molecular weight is 408 g/mol. The van der Waals surface area contributed by atoms with Crippen LogP contribution in [-0.2, 0) is 9.59 Å². The first-order valence-corrected chi connectivity index (χ1v) is 9.74. The molecule has 23 heavy (non-hydrogen) atoms. The van der Waals surface area contributed by atoms with Crippen LogP contribution in [-0.4, -0.2) is 71.3 Å². The van der Waals surface area contributed by atoms with Gasteiger partial charge in [0.25, 0.3) is 0 Å². The second-order valence-electron chi connectivity index (χ2n) is 6.04. The highest BCUT2D eigenvalue weighted by Crippen LogP contribution is 2.27. The second-order valence-corrected chi connectivity index (χ2v) is 7.55. The fraction of sp³-hybridized carbons (Fsp3) is 0.867. The third-order valence-electron chi connectivity index (χ3n) is 3.38. The molecule has 8 heteroatoms. The number of hydrogen-bond donors (Lipinski definition) is 0. The number of amides is 2. The van der Waals surface area contributed by atoms with Gasteiger partial charge >= 0.3 is 0 Å². The first kappa shape index (κ1) is 23.1. The largest absolute Gasteiger partial charge is 0.340 e. The van der Waals surface area contributed by atoms with E-state index in [-0.39, 0.29) is 24.7 Å². The van der Waals surface area contributed by atoms with Gasteiger partial charge in [-0.3, -0.25) is 9.59 Å². The molecule has 0 atom stereocenters. The summed E-state index contributed by atoms with van der Waals surface area (Å²) in [5, 5.41) is 0. The zero-order chi connectivity index (χ0) is 17.9. The molecule has 0 bridgehead atoms. The Hall–Kier alpha value is 0.1000. The van der Waals surface area contributed by atoms with E-state index in [1.165, 1.54) is 0 Å². The smallest absolute Gasteiger partial charge is 0.223 e. The standard InChI is InChI=1S/C15H26Cl4N2O2/c1-15(2,11-13(22)20(7-3-16)8-4-17)12-14(23)21(9-5-18)10-6-19/h3-12H2,1-2H3. The minimum atomic E-state index is -0.456. The zero-order valence-corrected chi connectivity index (χ0v) is 16.8. The SMILES string of the molecule is CC(C)(CC(=O)N(CCCl)CCCl)CC(=O)N(CCCl)CCCl. The average Bonchev–Trinajstić information content (AvgIpc) is 2.45. The van der Waals surface area contributed by atoms with Crippen LogP contribution in [0.25, 0.3) is 0 Å². The lowest BCUT2D eigenvalue weighted by atomic mass is 9.84. The summed E-state index contributed by atoms with van der Waals surface area (Å²) in [5.74, 6) is 1.38. The molecule has 4 nitrogen and oxygen atoms in total. The van der Waals surface area contributed by atoms with E-state index in [0.29, 0.717) is 49.7 Å². The number of rotatable bonds is 12. The van der Waals surface area contributed by atoms with Gasteiger partial charge in [-0.05, 0) is 5.41 Å². The van der Waals surface area contributed by atoms with Crippen molar-refractivity contribution < 1.29 is 9.59 Å². The number of halogens is 4. The lowest BCUT2D eigenvalue weighted by Crippen LogP contribution is -2.40. The third kappa shape index (κ3) is 9.85. The molecule has 0 aliphatic rings. The molecule has 0 heterocycles. The molecule has 0 saturated heterocycles. The van der Waals surface area contributed by atoms with Gasteiger partial charge in [0, 0.05) is 62.5 Å². The van der Waals surface area contributed by atoms with E-state index in [1.54, 1.807) is 9.80 Å². The van der Waals surface area contributed by atoms with Crippen LogP contribution < -0.4 is 0 Å². The minimum absolute atomic E-state index is 0.0367. The molecule has 0 rings (SSSR count). The van der Waals surface area contributed by atoms with Gasteiger partial charge in [-0.15, -0.1) is 46.4 Å². The molecule has 0 unspecified atom stereocenters. The van der Waals surface area contributed by atoms with Crippen molar-refractivity contribution in [3.8, 4) is 0 Å². The lowest BCUT2D eigenvalue weighted by molar-refractivity contribution is -0.136. The lowest BCUT2D eigenvalue weighted by Gasteiger charge is -2.30. The van der Waals surface area contributed by atoms with E-state index in [2.05, 4.69) is 0 Å². The van der Waals surface area contributed by atoms with Gasteiger partial charge in [0.15, 0.2) is 0 Å². The highest BCUT2D eigenvalue weighted by molar-refractivity contribution is 6.19. The van der Waals surface area contributed by atoms with Crippen LogP contribution in [0.3, 0.4) is 0 Å². The highest BCUT2D eigenvalue weighted by atomic mass is 35.5. The number of nitrogens with zero attached hydrogens (tertiary/aromatic N) is 2. The fourth-order valence-corrected chi connectivity index (χ4v) is 3.05. The predicted molar refractivity (Wildman–Crippen MR) is 99.1 cm³/mol. The van der Waals surface area contributed by atoms with E-state index in [0.717, 1.165) is 0 Å². The molecule has 136 valence electrons. The summed E-state index contributed by atoms with van der Waals surface area (Å²) >= 11 is 22.9. The maximum Gasteiger partial charge on any atom is 0.223 e. The number of alkyl halides is 4. The Morgan fingerprint density at radius 2 is 0.957 bits per heavy atom. The minimum Gasteiger partial charge on any atom is -0.340 e. The van der Waals surface area contributed by atoms with E-state index in [1.807, 2.05) is 13.8 Å². The molecule has 0 aromatic heterocycles. The fourth-order valence-electron chi connectivity index (χ4n) is 2.24. The molecule has 0 saturated carbocycles. The van der Waals surface area contributed by atoms with Crippen LogP contribution in [0.2, 0.25) is 0 Å². The van der Waals surface area contributed by atoms with E-state index >= 15 is 0 Å². The number of hydrogen-bond acceptors (Lipinski definition) is 2. The van der Waals surface area contributed by atoms with Gasteiger partial charge in [-0.1, -0.05) is 13.8 Å². The molecule has 0 aromatic rings. The van der Waals surface area contributed by atoms with Gasteiger partial charge in [0.1, 0.15) is 0 Å². The van der Waals surface area contributed by atoms with Crippen molar-refractivity contribution in [2.75, 3.05) is 49.7 Å². The van der Waals surface area contributed by atoms with Gasteiger partial charge in [0.2, 0.25) is 11.8 Å². The Morgan fingerprint density at radius 3 is 1.17 bits per heavy atom. The second kappa shape index (κ2) is 12.5. The van der Waals surface area contributed by atoms with Crippen molar-refractivity contribution in [2.45, 2.75) is 26.7 Å². The van der Waals surface area contributed by atoms with Crippen molar-refractivity contribution in [1.29, 1.82) is 0 Å². The zero-order valence-electron chi connectivity index (χ0n) is 13.8. The van der Waals surface area contributed by atoms with Gasteiger partial charge < -0.3 is 9.80 Å². The Morgan fingerprint density at radius 1 is 0.696 bits per heavy atom. The van der Waals surface area contributed by atoms with E-state index in [9.17, 15) is 9.59 Å². The monoisotopic (exact) mass is 406 g/mol. The number of carbonyl (C=O) groups excluding carboxylic acids is 2. The van der Waals surface area contributed by atoms with Gasteiger partial charge in [0.05, 0.1) is 0 Å². The normalized spacial score (nSPS) is 11.4. The summed E-state index contributed by atoms with van der Waals surface area (Å²) in [4.78, 5) is 28.0. The topological polar surface area (TPSA) is 40.6 Å². The first-order chi connectivity index (χ1) is 10.8. The van der Waals surface area contributed by atoms with Crippen LogP contribution >= 0.6 is 46.4 Å². The number of carbonyl (C=O) groups is 2. The Kier molecular flexibility index (Phi) is 12.5. The van der Waals surface area contributed by atoms with Gasteiger partial charge in [-0.25, -0.2) is 0 Å². The van der Waals surface area contributed by atoms with E-state index < -0.39 is 5.41 Å². The Labute approximate surface area is 159 Å². The molecule has 0 aliphatic carbocycles. The molecule has 0 aromatic carbocycles. The maximum atomic E-state index is 12.4. The van der Waals surface area contributed by atoms with Crippen LogP contribution in [0.5, 0.6) is 0 Å². The van der Waals surface area contributed by atoms with Gasteiger partial charge in [-0.2, -0.15) is 0 Å². The van der Waals surface area contributed by atoms with E-state index in [4.69, 9.17) is 46.4 Å². The summed E-state index contributed by atoms with van der Waals surface area (Å²) < 4.78 is 0. The van der Waals surface area contributed by atoms with Crippen LogP contribution in [0.4, 0.5) is 0 Å². The Bertz CT molecular complexity index is 323. The first-order valence-electron chi connectivity index (χ1n) is 7.60. The summed E-state index contributed by atoms with van der Waals surface area (Å²) in [6, 6.07) is 0. The Balaban J connectivity index is 4.71. The molecular weight excluding hydrogens is 382 g/mol. The van der Waals surface area contributed by atoms with Crippen molar-refractivity contribution in [3.63, 3.8) is 0 Å². The highest BCUT2D eigenvalue weighted by Gasteiger charge is 2.29. The van der Waals surface area contributed by atoms with Crippen LogP contribution in [0, 0.1) is 5.41 Å². The summed E-state index contributed by atoms with van der Waals surface area (Å²) in [7, 11) is 0. The van der Waals surface area contributed by atoms with Crippen molar-refractivity contribution in [2.24, 2.45) is 5.41 Å². The molecule has 0 N–H and O–H groups in total.